The SMILES string of the molecule is CN1/C(=C/C=C/C2N(C)c3ccc(C(F)(F)F)cc3N2CCCCS(=O)(=O)[O-])N(CCCCS(=O)(=O)O)c2cc(C(F)(F)F)ccc21.[Na+]. The number of benzene rings is 2. The van der Waals surface area contributed by atoms with Gasteiger partial charge in [-0.1, -0.05) is 6.08 Å². The standard InChI is InChI=1S/C29H34F6N4O6S2.Na/c1-36-22-12-10-20(28(30,31)32)18-24(22)38(14-3-5-16-46(40,41)42)26(36)8-7-9-27-37(2)23-13-11-21(29(33,34)35)19-25(23)39(27)15-4-6-17-47(43,44)45;/h7-13,18-19,26H,3-6,14-17H2,1-2H3,(H,40,41,42)(H,43,44,45);/q;+1/p-1/b8-7+,27-9-;. The van der Waals surface area contributed by atoms with Crippen LogP contribution < -0.4 is 49.2 Å². The maximum absolute atomic E-state index is 13.6. The molecule has 2 aliphatic rings. The Balaban J connectivity index is 0.00000625. The Bertz CT molecular complexity index is 1750. The van der Waals surface area contributed by atoms with Crippen LogP contribution in [0.4, 0.5) is 49.1 Å². The zero-order valence-corrected chi connectivity index (χ0v) is 29.9. The van der Waals surface area contributed by atoms with Crippen molar-refractivity contribution in [1.82, 2.24) is 0 Å². The van der Waals surface area contributed by atoms with E-state index in [1.54, 1.807) is 51.9 Å². The van der Waals surface area contributed by atoms with E-state index in [2.05, 4.69) is 0 Å². The maximum Gasteiger partial charge on any atom is 1.00 e. The van der Waals surface area contributed by atoms with Crippen molar-refractivity contribution in [3.8, 4) is 0 Å². The fourth-order valence-electron chi connectivity index (χ4n) is 5.63. The summed E-state index contributed by atoms with van der Waals surface area (Å²) in [5, 5.41) is 0. The first kappa shape index (κ1) is 40.0. The number of fused-ring (bicyclic) bond motifs is 2. The maximum atomic E-state index is 13.6. The molecule has 10 nitrogen and oxygen atoms in total. The largest absolute Gasteiger partial charge is 1.00 e. The minimum absolute atomic E-state index is 0. The summed E-state index contributed by atoms with van der Waals surface area (Å²) in [5.74, 6) is -0.708. The van der Waals surface area contributed by atoms with E-state index in [1.165, 1.54) is 12.1 Å². The number of hydrogen-bond acceptors (Lipinski definition) is 9. The average molecular weight is 735 g/mol. The minimum atomic E-state index is -4.62. The fourth-order valence-corrected chi connectivity index (χ4v) is 6.76. The number of alkyl halides is 6. The van der Waals surface area contributed by atoms with Crippen LogP contribution in [0, 0.1) is 0 Å². The number of nitrogens with zero attached hydrogens (tertiary/aromatic N) is 4. The molecule has 0 bridgehead atoms. The van der Waals surface area contributed by atoms with Gasteiger partial charge in [0.25, 0.3) is 10.1 Å². The van der Waals surface area contributed by atoms with Gasteiger partial charge in [0.15, 0.2) is 0 Å². The van der Waals surface area contributed by atoms with Gasteiger partial charge in [-0.3, -0.25) is 4.55 Å². The summed E-state index contributed by atoms with van der Waals surface area (Å²) in [6.45, 7) is 0.225. The molecule has 1 N–H and O–H groups in total. The van der Waals surface area contributed by atoms with E-state index in [0.29, 0.717) is 17.2 Å². The molecule has 0 saturated carbocycles. The Kier molecular flexibility index (Phi) is 12.6. The van der Waals surface area contributed by atoms with Crippen LogP contribution in [0.3, 0.4) is 0 Å². The van der Waals surface area contributed by atoms with Crippen LogP contribution in [-0.2, 0) is 32.6 Å². The summed E-state index contributed by atoms with van der Waals surface area (Å²) in [6.07, 6.45) is -4.58. The van der Waals surface area contributed by atoms with Crippen LogP contribution in [0.15, 0.2) is 60.4 Å². The fraction of sp³-hybridized carbons (Fsp3) is 0.448. The number of allylic oxidation sites excluding steroid dienone is 2. The minimum Gasteiger partial charge on any atom is -0.748 e. The van der Waals surface area contributed by atoms with Gasteiger partial charge in [-0.25, -0.2) is 8.42 Å². The van der Waals surface area contributed by atoms with Gasteiger partial charge in [0, 0.05) is 32.9 Å². The molecular weight excluding hydrogens is 701 g/mol. The van der Waals surface area contributed by atoms with Gasteiger partial charge in [0.2, 0.25) is 0 Å². The Morgan fingerprint density at radius 1 is 0.792 bits per heavy atom. The molecule has 0 spiro atoms. The van der Waals surface area contributed by atoms with E-state index in [1.807, 2.05) is 0 Å². The molecule has 1 atom stereocenters. The van der Waals surface area contributed by atoms with Crippen molar-refractivity contribution < 1.29 is 81.8 Å². The molecule has 0 aliphatic carbocycles. The number of rotatable bonds is 12. The number of hydrogen-bond donors (Lipinski definition) is 1. The molecule has 2 aromatic rings. The van der Waals surface area contributed by atoms with Crippen molar-refractivity contribution in [3.63, 3.8) is 0 Å². The van der Waals surface area contributed by atoms with E-state index in [0.717, 1.165) is 24.3 Å². The van der Waals surface area contributed by atoms with Crippen molar-refractivity contribution >= 4 is 43.0 Å². The molecule has 19 heteroatoms. The topological polar surface area (TPSA) is 125 Å². The van der Waals surface area contributed by atoms with E-state index in [9.17, 15) is 47.7 Å². The predicted octanol–water partition coefficient (Wildman–Crippen LogP) is 2.66. The van der Waals surface area contributed by atoms with Gasteiger partial charge < -0.3 is 24.2 Å². The Labute approximate surface area is 297 Å². The second kappa shape index (κ2) is 15.2. The Hall–Kier alpha value is -2.48. The third-order valence-corrected chi connectivity index (χ3v) is 9.48. The van der Waals surface area contributed by atoms with Crippen LogP contribution >= 0.6 is 0 Å². The molecule has 0 aromatic heterocycles. The van der Waals surface area contributed by atoms with Gasteiger partial charge in [0.05, 0.1) is 49.7 Å². The van der Waals surface area contributed by atoms with Crippen molar-refractivity contribution in [2.45, 2.75) is 44.2 Å². The number of anilines is 4. The molecule has 2 aliphatic heterocycles. The number of unbranched alkanes of at least 4 members (excludes halogenated alkanes) is 2. The quantitative estimate of drug-likeness (QED) is 0.151. The molecule has 48 heavy (non-hydrogen) atoms. The van der Waals surface area contributed by atoms with Crippen LogP contribution in [0.5, 0.6) is 0 Å². The summed E-state index contributed by atoms with van der Waals surface area (Å²) in [6, 6.07) is 6.52. The second-order valence-electron chi connectivity index (χ2n) is 11.2. The first-order valence-corrected chi connectivity index (χ1v) is 17.6. The summed E-state index contributed by atoms with van der Waals surface area (Å²) in [4.78, 5) is 6.59. The third-order valence-electron chi connectivity index (χ3n) is 7.89. The zero-order chi connectivity index (χ0) is 34.9. The summed E-state index contributed by atoms with van der Waals surface area (Å²) in [5.41, 5.74) is -0.353. The Morgan fingerprint density at radius 3 is 1.90 bits per heavy atom. The van der Waals surface area contributed by atoms with E-state index < -0.39 is 61.4 Å². The van der Waals surface area contributed by atoms with E-state index in [-0.39, 0.29) is 79.7 Å². The van der Waals surface area contributed by atoms with Crippen molar-refractivity contribution in [1.29, 1.82) is 0 Å². The van der Waals surface area contributed by atoms with Crippen molar-refractivity contribution in [3.05, 3.63) is 71.6 Å². The Morgan fingerprint density at radius 2 is 1.33 bits per heavy atom. The summed E-state index contributed by atoms with van der Waals surface area (Å²) >= 11 is 0. The smallest absolute Gasteiger partial charge is 0.748 e. The van der Waals surface area contributed by atoms with Crippen LogP contribution in [0.25, 0.3) is 0 Å². The first-order valence-electron chi connectivity index (χ1n) is 14.4. The molecule has 0 radical (unpaired) electrons. The zero-order valence-electron chi connectivity index (χ0n) is 26.3. The molecule has 2 heterocycles. The monoisotopic (exact) mass is 734 g/mol. The van der Waals surface area contributed by atoms with Crippen LogP contribution in [0.2, 0.25) is 0 Å². The molecule has 4 rings (SSSR count). The molecule has 1 unspecified atom stereocenters. The normalized spacial score (nSPS) is 17.8. The predicted molar refractivity (Wildman–Crippen MR) is 165 cm³/mol. The van der Waals surface area contributed by atoms with E-state index in [4.69, 9.17) is 4.55 Å². The molecule has 260 valence electrons. The molecule has 0 saturated heterocycles. The van der Waals surface area contributed by atoms with E-state index >= 15 is 0 Å². The summed E-state index contributed by atoms with van der Waals surface area (Å²) in [7, 11) is -5.42. The average Bonchev–Trinajstić information content (AvgIpc) is 3.36. The van der Waals surface area contributed by atoms with Crippen molar-refractivity contribution in [2.24, 2.45) is 0 Å². The van der Waals surface area contributed by atoms with Gasteiger partial charge in [-0.2, -0.15) is 34.8 Å². The van der Waals surface area contributed by atoms with Crippen LogP contribution in [0.1, 0.15) is 36.8 Å². The third kappa shape index (κ3) is 9.82. The molecular formula is C29H33F6N4NaO6S2. The first-order chi connectivity index (χ1) is 21.7. The van der Waals surface area contributed by atoms with Gasteiger partial charge in [0.1, 0.15) is 12.0 Å². The molecule has 0 amide bonds. The van der Waals surface area contributed by atoms with Gasteiger partial charge in [-0.15, -0.1) is 0 Å². The number of likely N-dealkylation sites (N-methyl/N-ethyl adjacent to an activating group) is 1. The van der Waals surface area contributed by atoms with Gasteiger partial charge >= 0.3 is 41.9 Å². The number of halogens is 6. The molecule has 0 fully saturated rings. The van der Waals surface area contributed by atoms with Gasteiger partial charge in [-0.05, 0) is 74.2 Å². The van der Waals surface area contributed by atoms with Crippen molar-refractivity contribution in [2.75, 3.05) is 58.3 Å². The van der Waals surface area contributed by atoms with Crippen LogP contribution in [-0.4, -0.2) is 70.8 Å². The summed E-state index contributed by atoms with van der Waals surface area (Å²) < 4.78 is 146. The second-order valence-corrected chi connectivity index (χ2v) is 14.3. The molecule has 2 aromatic carbocycles.